The number of thiophene rings is 1. The summed E-state index contributed by atoms with van der Waals surface area (Å²) in [6.07, 6.45) is 4.94. The van der Waals surface area contributed by atoms with Crippen molar-refractivity contribution in [2.45, 2.75) is 50.2 Å². The number of nitrogens with zero attached hydrogens (tertiary/aromatic N) is 2. The van der Waals surface area contributed by atoms with Gasteiger partial charge in [0.25, 0.3) is 0 Å². The van der Waals surface area contributed by atoms with Gasteiger partial charge in [-0.25, -0.2) is 0 Å². The number of nitrogens with two attached hydrogens (primary N) is 1. The lowest BCUT2D eigenvalue weighted by molar-refractivity contribution is 0.0126. The highest BCUT2D eigenvalue weighted by Crippen LogP contribution is 2.39. The number of hydrogen-bond donors (Lipinski definition) is 1. The van der Waals surface area contributed by atoms with Gasteiger partial charge in [0.05, 0.1) is 6.04 Å². The summed E-state index contributed by atoms with van der Waals surface area (Å²) in [6.45, 7) is 3.27. The maximum atomic E-state index is 6.45. The van der Waals surface area contributed by atoms with E-state index in [4.69, 9.17) is 5.73 Å². The zero-order valence-electron chi connectivity index (χ0n) is 13.6. The normalized spacial score (nSPS) is 20.6. The molecule has 2 unspecified atom stereocenters. The van der Waals surface area contributed by atoms with Gasteiger partial charge in [-0.3, -0.25) is 4.90 Å². The Bertz CT molecular complexity index is 456. The third kappa shape index (κ3) is 3.70. The lowest BCUT2D eigenvalue weighted by atomic mass is 9.75. The predicted molar refractivity (Wildman–Crippen MR) is 95.9 cm³/mol. The molecule has 5 heteroatoms. The highest BCUT2D eigenvalue weighted by molar-refractivity contribution is 9.10. The van der Waals surface area contributed by atoms with Gasteiger partial charge >= 0.3 is 0 Å². The molecule has 0 amide bonds. The Morgan fingerprint density at radius 2 is 2.05 bits per heavy atom. The van der Waals surface area contributed by atoms with Crippen molar-refractivity contribution in [1.82, 2.24) is 9.80 Å². The average molecular weight is 374 g/mol. The van der Waals surface area contributed by atoms with Crippen LogP contribution in [0.25, 0.3) is 0 Å². The monoisotopic (exact) mass is 373 g/mol. The summed E-state index contributed by atoms with van der Waals surface area (Å²) in [5.41, 5.74) is 6.79. The molecule has 0 radical (unpaired) electrons. The third-order valence-electron chi connectivity index (χ3n) is 5.01. The first-order chi connectivity index (χ1) is 9.89. The molecule has 1 aromatic heterocycles. The van der Waals surface area contributed by atoms with Crippen LogP contribution in [-0.2, 0) is 0 Å². The first-order valence-electron chi connectivity index (χ1n) is 7.77. The molecule has 2 atom stereocenters. The molecular formula is C16H28BrN3S. The molecule has 0 saturated heterocycles. The van der Waals surface area contributed by atoms with Gasteiger partial charge in [0, 0.05) is 32.9 Å². The first-order valence-corrected chi connectivity index (χ1v) is 9.44. The summed E-state index contributed by atoms with van der Waals surface area (Å²) < 4.78 is 1.16. The molecule has 1 aromatic rings. The maximum absolute atomic E-state index is 6.45. The number of rotatable bonds is 7. The number of likely N-dealkylation sites (N-methyl/N-ethyl adjacent to an activating group) is 2. The molecule has 0 aromatic carbocycles. The Hall–Kier alpha value is 0.0600. The quantitative estimate of drug-likeness (QED) is 0.790. The Balaban J connectivity index is 2.16. The van der Waals surface area contributed by atoms with Crippen LogP contribution in [0.15, 0.2) is 15.9 Å². The molecule has 2 N–H and O–H groups in total. The van der Waals surface area contributed by atoms with Crippen LogP contribution in [0.3, 0.4) is 0 Å². The average Bonchev–Trinajstić information content (AvgIpc) is 2.79. The van der Waals surface area contributed by atoms with E-state index in [2.05, 4.69) is 65.2 Å². The van der Waals surface area contributed by atoms with Crippen molar-refractivity contribution in [3.63, 3.8) is 0 Å². The molecular weight excluding hydrogens is 346 g/mol. The summed E-state index contributed by atoms with van der Waals surface area (Å²) in [4.78, 5) is 6.25. The van der Waals surface area contributed by atoms with E-state index in [0.29, 0.717) is 11.6 Å². The summed E-state index contributed by atoms with van der Waals surface area (Å²) in [5, 5.41) is 2.16. The van der Waals surface area contributed by atoms with Crippen molar-refractivity contribution in [3.05, 3.63) is 20.8 Å². The standard InChI is InChI=1S/C16H28BrN3S/c1-5-13(18)15(14-9-12(17)10-21-14)20(4)11-16(19(2)3)7-6-8-16/h9-10,13,15H,5-8,11,18H2,1-4H3. The molecule has 21 heavy (non-hydrogen) atoms. The minimum atomic E-state index is 0.180. The molecule has 0 aliphatic heterocycles. The second kappa shape index (κ2) is 7.09. The molecule has 3 nitrogen and oxygen atoms in total. The van der Waals surface area contributed by atoms with Crippen LogP contribution in [0, 0.1) is 0 Å². The molecule has 120 valence electrons. The van der Waals surface area contributed by atoms with Crippen molar-refractivity contribution >= 4 is 27.3 Å². The van der Waals surface area contributed by atoms with Gasteiger partial charge in [0.1, 0.15) is 0 Å². The summed E-state index contributed by atoms with van der Waals surface area (Å²) in [7, 11) is 6.66. The predicted octanol–water partition coefficient (Wildman–Crippen LogP) is 3.71. The lowest BCUT2D eigenvalue weighted by Crippen LogP contribution is -2.58. The van der Waals surface area contributed by atoms with Crippen LogP contribution < -0.4 is 5.73 Å². The Labute approximate surface area is 141 Å². The first kappa shape index (κ1) is 17.4. The fraction of sp³-hybridized carbons (Fsp3) is 0.750. The van der Waals surface area contributed by atoms with Gasteiger partial charge < -0.3 is 10.6 Å². The van der Waals surface area contributed by atoms with E-state index >= 15 is 0 Å². The van der Waals surface area contributed by atoms with Crippen molar-refractivity contribution in [2.75, 3.05) is 27.7 Å². The Morgan fingerprint density at radius 1 is 1.38 bits per heavy atom. The van der Waals surface area contributed by atoms with E-state index < -0.39 is 0 Å². The van der Waals surface area contributed by atoms with Crippen LogP contribution >= 0.6 is 27.3 Å². The maximum Gasteiger partial charge on any atom is 0.0591 e. The molecule has 2 rings (SSSR count). The highest BCUT2D eigenvalue weighted by atomic mass is 79.9. The van der Waals surface area contributed by atoms with Gasteiger partial charge in [-0.1, -0.05) is 6.92 Å². The second-order valence-corrected chi connectivity index (χ2v) is 8.43. The molecule has 1 saturated carbocycles. The van der Waals surface area contributed by atoms with Crippen molar-refractivity contribution in [3.8, 4) is 0 Å². The summed E-state index contributed by atoms with van der Waals surface area (Å²) in [5.74, 6) is 0. The van der Waals surface area contributed by atoms with Crippen molar-refractivity contribution in [1.29, 1.82) is 0 Å². The van der Waals surface area contributed by atoms with Gasteiger partial charge in [-0.05, 0) is 68.8 Å². The van der Waals surface area contributed by atoms with Crippen LogP contribution in [0.5, 0.6) is 0 Å². The fourth-order valence-electron chi connectivity index (χ4n) is 3.36. The Kier molecular flexibility index (Phi) is 5.88. The third-order valence-corrected chi connectivity index (χ3v) is 6.77. The van der Waals surface area contributed by atoms with Gasteiger partial charge in [0.15, 0.2) is 0 Å². The minimum Gasteiger partial charge on any atom is -0.326 e. The van der Waals surface area contributed by atoms with Gasteiger partial charge in [0.2, 0.25) is 0 Å². The Morgan fingerprint density at radius 3 is 2.43 bits per heavy atom. The van der Waals surface area contributed by atoms with E-state index in [-0.39, 0.29) is 6.04 Å². The largest absolute Gasteiger partial charge is 0.326 e. The van der Waals surface area contributed by atoms with Crippen LogP contribution in [0.4, 0.5) is 0 Å². The van der Waals surface area contributed by atoms with Crippen LogP contribution in [0.2, 0.25) is 0 Å². The highest BCUT2D eigenvalue weighted by Gasteiger charge is 2.41. The molecule has 1 heterocycles. The fourth-order valence-corrected chi connectivity index (χ4v) is 5.04. The molecule has 1 aliphatic carbocycles. The van der Waals surface area contributed by atoms with Gasteiger partial charge in [-0.15, -0.1) is 11.3 Å². The van der Waals surface area contributed by atoms with E-state index in [1.165, 1.54) is 24.1 Å². The zero-order chi connectivity index (χ0) is 15.6. The molecule has 1 aliphatic rings. The van der Waals surface area contributed by atoms with Crippen LogP contribution in [-0.4, -0.2) is 49.1 Å². The second-order valence-electron chi connectivity index (χ2n) is 6.57. The van der Waals surface area contributed by atoms with E-state index in [1.54, 1.807) is 0 Å². The van der Waals surface area contributed by atoms with Crippen molar-refractivity contribution in [2.24, 2.45) is 5.73 Å². The zero-order valence-corrected chi connectivity index (χ0v) is 16.0. The minimum absolute atomic E-state index is 0.180. The molecule has 0 spiro atoms. The lowest BCUT2D eigenvalue weighted by Gasteiger charge is -2.50. The van der Waals surface area contributed by atoms with E-state index in [9.17, 15) is 0 Å². The number of halogens is 1. The van der Waals surface area contributed by atoms with E-state index in [1.807, 2.05) is 11.3 Å². The number of hydrogen-bond acceptors (Lipinski definition) is 4. The van der Waals surface area contributed by atoms with Gasteiger partial charge in [-0.2, -0.15) is 0 Å². The summed E-state index contributed by atoms with van der Waals surface area (Å²) in [6, 6.07) is 2.72. The van der Waals surface area contributed by atoms with E-state index in [0.717, 1.165) is 17.4 Å². The topological polar surface area (TPSA) is 32.5 Å². The smallest absolute Gasteiger partial charge is 0.0591 e. The molecule has 0 bridgehead atoms. The van der Waals surface area contributed by atoms with Crippen molar-refractivity contribution < 1.29 is 0 Å². The summed E-state index contributed by atoms with van der Waals surface area (Å²) >= 11 is 5.38. The SMILES string of the molecule is CCC(N)C(c1cc(Br)cs1)N(C)CC1(N(C)C)CCC1. The molecule has 1 fully saturated rings. The van der Waals surface area contributed by atoms with Crippen LogP contribution in [0.1, 0.15) is 43.5 Å².